The number of hydrogen-bond donors (Lipinski definition) is 2. The summed E-state index contributed by atoms with van der Waals surface area (Å²) in [6.45, 7) is 0. The van der Waals surface area contributed by atoms with Gasteiger partial charge in [-0.05, 0) is 23.8 Å². The van der Waals surface area contributed by atoms with Crippen LogP contribution >= 0.6 is 23.2 Å². The van der Waals surface area contributed by atoms with Crippen LogP contribution in [0.15, 0.2) is 48.5 Å². The number of carbonyl (C=O) groups is 1. The summed E-state index contributed by atoms with van der Waals surface area (Å²) in [5.41, 5.74) is -0.0867. The zero-order valence-electron chi connectivity index (χ0n) is 10.3. The van der Waals surface area contributed by atoms with Crippen molar-refractivity contribution in [1.82, 2.24) is 0 Å². The minimum atomic E-state index is -1.79. The van der Waals surface area contributed by atoms with Gasteiger partial charge in [-0.3, -0.25) is 4.79 Å². The van der Waals surface area contributed by atoms with Crippen molar-refractivity contribution in [3.05, 3.63) is 64.7 Å². The monoisotopic (exact) mass is 307 g/mol. The largest absolute Gasteiger partial charge is 0.374 e. The molecule has 2 aromatic carbocycles. The molecule has 3 rings (SSSR count). The van der Waals surface area contributed by atoms with Gasteiger partial charge in [0.15, 0.2) is 5.60 Å². The Morgan fingerprint density at radius 2 is 1.75 bits per heavy atom. The van der Waals surface area contributed by atoms with Gasteiger partial charge in [0.1, 0.15) is 5.38 Å². The molecule has 0 fully saturated rings. The highest BCUT2D eigenvalue weighted by molar-refractivity contribution is 6.30. The summed E-state index contributed by atoms with van der Waals surface area (Å²) in [7, 11) is 0. The lowest BCUT2D eigenvalue weighted by Crippen LogP contribution is -2.38. The average molecular weight is 308 g/mol. The van der Waals surface area contributed by atoms with Crippen molar-refractivity contribution in [3.8, 4) is 0 Å². The number of para-hydroxylation sites is 1. The van der Waals surface area contributed by atoms with E-state index in [1.807, 2.05) is 0 Å². The zero-order chi connectivity index (χ0) is 14.3. The van der Waals surface area contributed by atoms with Crippen LogP contribution in [0.2, 0.25) is 5.02 Å². The first-order valence-corrected chi connectivity index (χ1v) is 6.88. The van der Waals surface area contributed by atoms with Crippen molar-refractivity contribution in [2.45, 2.75) is 11.0 Å². The predicted molar refractivity (Wildman–Crippen MR) is 79.0 cm³/mol. The molecule has 0 saturated carbocycles. The van der Waals surface area contributed by atoms with Crippen LogP contribution in [-0.4, -0.2) is 11.0 Å². The van der Waals surface area contributed by atoms with E-state index in [1.165, 1.54) is 0 Å². The molecule has 1 amide bonds. The first kappa shape index (κ1) is 13.4. The number of fused-ring (bicyclic) bond motifs is 1. The number of rotatable bonds is 2. The van der Waals surface area contributed by atoms with Crippen LogP contribution in [0, 0.1) is 0 Å². The zero-order valence-corrected chi connectivity index (χ0v) is 11.8. The molecule has 2 unspecified atom stereocenters. The highest BCUT2D eigenvalue weighted by Gasteiger charge is 2.51. The summed E-state index contributed by atoms with van der Waals surface area (Å²) in [6.07, 6.45) is 0. The van der Waals surface area contributed by atoms with Crippen LogP contribution in [0.1, 0.15) is 16.5 Å². The Morgan fingerprint density at radius 3 is 2.45 bits per heavy atom. The molecule has 1 aliphatic rings. The van der Waals surface area contributed by atoms with Crippen LogP contribution < -0.4 is 5.32 Å². The standard InChI is InChI=1S/C15H11Cl2NO2/c16-10-7-5-9(6-8-10)13(17)15(20)11-3-1-2-4-12(11)18-14(15)19/h1-8,13,20H,(H,18,19). The molecule has 0 bridgehead atoms. The molecular formula is C15H11Cl2NO2. The van der Waals surface area contributed by atoms with Gasteiger partial charge in [-0.15, -0.1) is 11.6 Å². The fourth-order valence-corrected chi connectivity index (χ4v) is 2.88. The van der Waals surface area contributed by atoms with Gasteiger partial charge >= 0.3 is 0 Å². The number of alkyl halides is 1. The second kappa shape index (κ2) is 4.77. The Labute approximate surface area is 126 Å². The number of benzene rings is 2. The van der Waals surface area contributed by atoms with Crippen molar-refractivity contribution in [2.75, 3.05) is 5.32 Å². The third kappa shape index (κ3) is 1.90. The Morgan fingerprint density at radius 1 is 1.10 bits per heavy atom. The topological polar surface area (TPSA) is 49.3 Å². The molecule has 0 aliphatic carbocycles. The van der Waals surface area contributed by atoms with Gasteiger partial charge in [0.25, 0.3) is 5.91 Å². The molecule has 0 aromatic heterocycles. The van der Waals surface area contributed by atoms with Gasteiger partial charge in [0.2, 0.25) is 0 Å². The van der Waals surface area contributed by atoms with E-state index in [-0.39, 0.29) is 0 Å². The summed E-state index contributed by atoms with van der Waals surface area (Å²) in [6, 6.07) is 13.7. The summed E-state index contributed by atoms with van der Waals surface area (Å²) in [4.78, 5) is 12.2. The lowest BCUT2D eigenvalue weighted by molar-refractivity contribution is -0.134. The quantitative estimate of drug-likeness (QED) is 0.835. The van der Waals surface area contributed by atoms with Gasteiger partial charge in [0.05, 0.1) is 0 Å². The van der Waals surface area contributed by atoms with Crippen molar-refractivity contribution < 1.29 is 9.90 Å². The van der Waals surface area contributed by atoms with Crippen molar-refractivity contribution in [3.63, 3.8) is 0 Å². The Bertz CT molecular complexity index is 672. The normalized spacial score (nSPS) is 22.2. The van der Waals surface area contributed by atoms with Crippen LogP contribution in [0.4, 0.5) is 5.69 Å². The van der Waals surface area contributed by atoms with Crippen LogP contribution in [0.3, 0.4) is 0 Å². The molecule has 102 valence electrons. The molecule has 0 saturated heterocycles. The molecule has 2 atom stereocenters. The maximum absolute atomic E-state index is 12.2. The lowest BCUT2D eigenvalue weighted by atomic mass is 9.88. The third-order valence-electron chi connectivity index (χ3n) is 3.46. The molecule has 1 aliphatic heterocycles. The Balaban J connectivity index is 2.08. The highest BCUT2D eigenvalue weighted by atomic mass is 35.5. The predicted octanol–water partition coefficient (Wildman–Crippen LogP) is 3.46. The number of carbonyl (C=O) groups excluding carboxylic acids is 1. The van der Waals surface area contributed by atoms with Crippen LogP contribution in [0.5, 0.6) is 0 Å². The number of anilines is 1. The summed E-state index contributed by atoms with van der Waals surface area (Å²) in [5, 5.41) is 13.1. The highest BCUT2D eigenvalue weighted by Crippen LogP contribution is 2.47. The minimum Gasteiger partial charge on any atom is -0.374 e. The molecule has 3 nitrogen and oxygen atoms in total. The van der Waals surface area contributed by atoms with E-state index in [9.17, 15) is 9.90 Å². The number of hydrogen-bond acceptors (Lipinski definition) is 2. The summed E-state index contributed by atoms with van der Waals surface area (Å²) in [5.74, 6) is -0.520. The van der Waals surface area contributed by atoms with E-state index in [4.69, 9.17) is 23.2 Å². The van der Waals surface area contributed by atoms with E-state index in [0.29, 0.717) is 21.8 Å². The molecule has 2 aromatic rings. The van der Waals surface area contributed by atoms with Crippen molar-refractivity contribution >= 4 is 34.8 Å². The van der Waals surface area contributed by atoms with Gasteiger partial charge in [0, 0.05) is 16.3 Å². The van der Waals surface area contributed by atoms with Crippen molar-refractivity contribution in [1.29, 1.82) is 0 Å². The van der Waals surface area contributed by atoms with Gasteiger partial charge in [-0.25, -0.2) is 0 Å². The Hall–Kier alpha value is -1.55. The van der Waals surface area contributed by atoms with E-state index >= 15 is 0 Å². The average Bonchev–Trinajstić information content (AvgIpc) is 2.72. The first-order valence-electron chi connectivity index (χ1n) is 6.06. The van der Waals surface area contributed by atoms with E-state index in [0.717, 1.165) is 0 Å². The molecular weight excluding hydrogens is 297 g/mol. The maximum atomic E-state index is 12.2. The smallest absolute Gasteiger partial charge is 0.263 e. The fourth-order valence-electron chi connectivity index (χ4n) is 2.39. The van der Waals surface area contributed by atoms with E-state index in [1.54, 1.807) is 48.5 Å². The Kier molecular flexibility index (Phi) is 3.21. The third-order valence-corrected chi connectivity index (χ3v) is 4.28. The number of aliphatic hydroxyl groups is 1. The van der Waals surface area contributed by atoms with Crippen LogP contribution in [-0.2, 0) is 10.4 Å². The fraction of sp³-hybridized carbons (Fsp3) is 0.133. The van der Waals surface area contributed by atoms with Gasteiger partial charge in [-0.1, -0.05) is 41.9 Å². The molecule has 20 heavy (non-hydrogen) atoms. The number of amides is 1. The molecule has 5 heteroatoms. The molecule has 0 radical (unpaired) electrons. The molecule has 2 N–H and O–H groups in total. The van der Waals surface area contributed by atoms with Gasteiger partial charge in [-0.2, -0.15) is 0 Å². The molecule has 0 spiro atoms. The minimum absolute atomic E-state index is 0.486. The number of nitrogens with one attached hydrogen (secondary N) is 1. The SMILES string of the molecule is O=C1Nc2ccccc2C1(O)C(Cl)c1ccc(Cl)cc1. The lowest BCUT2D eigenvalue weighted by Gasteiger charge is -2.26. The van der Waals surface area contributed by atoms with Crippen molar-refractivity contribution in [2.24, 2.45) is 0 Å². The van der Waals surface area contributed by atoms with Crippen LogP contribution in [0.25, 0.3) is 0 Å². The number of halogens is 2. The summed E-state index contributed by atoms with van der Waals surface area (Å²) < 4.78 is 0. The first-order chi connectivity index (χ1) is 9.53. The van der Waals surface area contributed by atoms with E-state index < -0.39 is 16.9 Å². The van der Waals surface area contributed by atoms with Gasteiger partial charge < -0.3 is 10.4 Å². The maximum Gasteiger partial charge on any atom is 0.263 e. The second-order valence-corrected chi connectivity index (χ2v) is 5.55. The van der Waals surface area contributed by atoms with E-state index in [2.05, 4.69) is 5.32 Å². The second-order valence-electron chi connectivity index (χ2n) is 4.68. The summed E-state index contributed by atoms with van der Waals surface area (Å²) >= 11 is 12.2. The molecule has 1 heterocycles.